The Morgan fingerprint density at radius 2 is 2.16 bits per heavy atom. The van der Waals surface area contributed by atoms with E-state index in [1.54, 1.807) is 29.4 Å². The number of thioether (sulfide) groups is 1. The van der Waals surface area contributed by atoms with Gasteiger partial charge < -0.3 is 13.9 Å². The van der Waals surface area contributed by atoms with Gasteiger partial charge in [-0.3, -0.25) is 4.79 Å². The highest BCUT2D eigenvalue weighted by atomic mass is 32.2. The lowest BCUT2D eigenvalue weighted by atomic mass is 10.2. The number of nitrogens with zero attached hydrogens (tertiary/aromatic N) is 3. The van der Waals surface area contributed by atoms with Gasteiger partial charge in [0.1, 0.15) is 16.4 Å². The quantitative estimate of drug-likeness (QED) is 0.287. The number of fused-ring (bicyclic) bond motifs is 1. The molecule has 0 aliphatic carbocycles. The van der Waals surface area contributed by atoms with Gasteiger partial charge in [-0.05, 0) is 42.7 Å². The van der Waals surface area contributed by atoms with Crippen molar-refractivity contribution < 1.29 is 8.94 Å². The van der Waals surface area contributed by atoms with Gasteiger partial charge in [0, 0.05) is 17.4 Å². The lowest BCUT2D eigenvalue weighted by molar-refractivity contribution is 0.378. The maximum absolute atomic E-state index is 12.7. The molecule has 0 saturated carbocycles. The smallest absolute Gasteiger partial charge is 0.260 e. The Balaban J connectivity index is 1.21. The van der Waals surface area contributed by atoms with Gasteiger partial charge in [-0.15, -0.1) is 22.7 Å². The second-order valence-corrected chi connectivity index (χ2v) is 10.1. The molecular weight excluding hydrogens is 452 g/mol. The summed E-state index contributed by atoms with van der Waals surface area (Å²) in [6, 6.07) is 7.61. The topological polar surface area (TPSA) is 97.8 Å². The standard InChI is InChI=1S/C21H18N4O3S3/c1-12(29-9-4-7-16-22-19(25-28-16)15-6-3-10-30-15)18-23-20(26)17-13(11-31-21(17)24-18)14-5-2-8-27-14/h2-3,5-6,8,10-12H,4,7,9H2,1H3,(H,23,24,26). The fraction of sp³-hybridized carbons (Fsp3) is 0.238. The van der Waals surface area contributed by atoms with E-state index < -0.39 is 0 Å². The molecule has 1 atom stereocenters. The van der Waals surface area contributed by atoms with Crippen LogP contribution < -0.4 is 5.56 Å². The summed E-state index contributed by atoms with van der Waals surface area (Å²) in [4.78, 5) is 26.6. The first-order chi connectivity index (χ1) is 15.2. The van der Waals surface area contributed by atoms with E-state index in [0.717, 1.165) is 33.9 Å². The summed E-state index contributed by atoms with van der Waals surface area (Å²) in [5.74, 6) is 3.55. The van der Waals surface area contributed by atoms with E-state index in [9.17, 15) is 4.79 Å². The van der Waals surface area contributed by atoms with Crippen LogP contribution in [0.15, 0.2) is 55.0 Å². The van der Waals surface area contributed by atoms with Gasteiger partial charge in [-0.1, -0.05) is 11.2 Å². The summed E-state index contributed by atoms with van der Waals surface area (Å²) in [7, 11) is 0. The first kappa shape index (κ1) is 20.2. The Labute approximate surface area is 189 Å². The molecule has 0 amide bonds. The second kappa shape index (κ2) is 8.81. The highest BCUT2D eigenvalue weighted by Gasteiger charge is 2.17. The first-order valence-electron chi connectivity index (χ1n) is 9.72. The lowest BCUT2D eigenvalue weighted by Gasteiger charge is -2.10. The molecule has 0 aliphatic rings. The Kier molecular flexibility index (Phi) is 5.75. The van der Waals surface area contributed by atoms with E-state index in [4.69, 9.17) is 13.9 Å². The Morgan fingerprint density at radius 1 is 1.23 bits per heavy atom. The van der Waals surface area contributed by atoms with Crippen LogP contribution in [0.1, 0.15) is 30.3 Å². The van der Waals surface area contributed by atoms with Crippen molar-refractivity contribution in [2.75, 3.05) is 5.75 Å². The van der Waals surface area contributed by atoms with Gasteiger partial charge in [-0.2, -0.15) is 16.7 Å². The van der Waals surface area contributed by atoms with Crippen molar-refractivity contribution in [3.63, 3.8) is 0 Å². The minimum atomic E-state index is -0.132. The third-order valence-corrected chi connectivity index (χ3v) is 7.73. The molecule has 31 heavy (non-hydrogen) atoms. The molecule has 158 valence electrons. The van der Waals surface area contributed by atoms with Crippen LogP contribution in [0.5, 0.6) is 0 Å². The summed E-state index contributed by atoms with van der Waals surface area (Å²) in [5.41, 5.74) is 0.652. The van der Waals surface area contributed by atoms with E-state index >= 15 is 0 Å². The molecule has 0 fully saturated rings. The third kappa shape index (κ3) is 4.23. The van der Waals surface area contributed by atoms with Gasteiger partial charge in [0.15, 0.2) is 0 Å². The van der Waals surface area contributed by atoms with Crippen LogP contribution in [0.2, 0.25) is 0 Å². The normalized spacial score (nSPS) is 12.5. The predicted octanol–water partition coefficient (Wildman–Crippen LogP) is 5.78. The average Bonchev–Trinajstić information content (AvgIpc) is 3.55. The largest absolute Gasteiger partial charge is 0.464 e. The Morgan fingerprint density at radius 3 is 2.97 bits per heavy atom. The van der Waals surface area contributed by atoms with Gasteiger partial charge >= 0.3 is 0 Å². The summed E-state index contributed by atoms with van der Waals surface area (Å²) in [5, 5.41) is 8.60. The van der Waals surface area contributed by atoms with Crippen molar-refractivity contribution in [2.24, 2.45) is 0 Å². The number of hydrogen-bond acceptors (Lipinski definition) is 9. The first-order valence-corrected chi connectivity index (χ1v) is 12.5. The van der Waals surface area contributed by atoms with Gasteiger partial charge in [0.2, 0.25) is 11.7 Å². The van der Waals surface area contributed by atoms with Crippen LogP contribution in [-0.4, -0.2) is 25.9 Å². The average molecular weight is 471 g/mol. The number of aromatic nitrogens is 4. The van der Waals surface area contributed by atoms with E-state index in [2.05, 4.69) is 22.0 Å². The number of aromatic amines is 1. The number of thiophene rings is 2. The molecule has 1 unspecified atom stereocenters. The van der Waals surface area contributed by atoms with Gasteiger partial charge in [-0.25, -0.2) is 4.98 Å². The summed E-state index contributed by atoms with van der Waals surface area (Å²) >= 11 is 4.79. The number of rotatable bonds is 8. The predicted molar refractivity (Wildman–Crippen MR) is 125 cm³/mol. The Hall–Kier alpha value is -2.69. The van der Waals surface area contributed by atoms with Crippen molar-refractivity contribution in [3.8, 4) is 22.0 Å². The third-order valence-electron chi connectivity index (χ3n) is 4.75. The molecule has 5 rings (SSSR count). The van der Waals surface area contributed by atoms with E-state index in [-0.39, 0.29) is 10.8 Å². The highest BCUT2D eigenvalue weighted by Crippen LogP contribution is 2.33. The van der Waals surface area contributed by atoms with Crippen molar-refractivity contribution in [1.82, 2.24) is 20.1 Å². The fourth-order valence-corrected chi connectivity index (χ4v) is 5.71. The van der Waals surface area contributed by atoms with Crippen LogP contribution in [-0.2, 0) is 6.42 Å². The molecular formula is C21H18N4O3S3. The summed E-state index contributed by atoms with van der Waals surface area (Å²) in [6.07, 6.45) is 3.22. The summed E-state index contributed by atoms with van der Waals surface area (Å²) < 4.78 is 10.8. The molecule has 0 aliphatic heterocycles. The van der Waals surface area contributed by atoms with Crippen molar-refractivity contribution in [1.29, 1.82) is 0 Å². The maximum atomic E-state index is 12.7. The van der Waals surface area contributed by atoms with E-state index in [0.29, 0.717) is 28.7 Å². The van der Waals surface area contributed by atoms with E-state index in [1.165, 1.54) is 11.3 Å². The number of aryl methyl sites for hydroxylation is 1. The van der Waals surface area contributed by atoms with Crippen LogP contribution >= 0.6 is 34.4 Å². The van der Waals surface area contributed by atoms with Gasteiger partial charge in [0.05, 0.1) is 21.8 Å². The van der Waals surface area contributed by atoms with Crippen molar-refractivity contribution in [3.05, 3.63) is 63.4 Å². The second-order valence-electron chi connectivity index (χ2n) is 6.86. The maximum Gasteiger partial charge on any atom is 0.260 e. The fourth-order valence-electron chi connectivity index (χ4n) is 3.20. The molecule has 0 saturated heterocycles. The molecule has 5 aromatic rings. The van der Waals surface area contributed by atoms with E-state index in [1.807, 2.05) is 35.0 Å². The molecule has 0 aromatic carbocycles. The van der Waals surface area contributed by atoms with Gasteiger partial charge in [0.25, 0.3) is 5.56 Å². The number of furan rings is 1. The van der Waals surface area contributed by atoms with Crippen LogP contribution in [0.25, 0.3) is 32.2 Å². The Bertz CT molecular complexity index is 1340. The highest BCUT2D eigenvalue weighted by molar-refractivity contribution is 7.99. The molecule has 5 aromatic heterocycles. The zero-order valence-corrected chi connectivity index (χ0v) is 19.0. The molecule has 7 nitrogen and oxygen atoms in total. The molecule has 10 heteroatoms. The molecule has 0 spiro atoms. The monoisotopic (exact) mass is 470 g/mol. The number of H-pyrrole nitrogens is 1. The zero-order valence-electron chi connectivity index (χ0n) is 16.5. The lowest BCUT2D eigenvalue weighted by Crippen LogP contribution is -2.12. The minimum absolute atomic E-state index is 0.0654. The number of hydrogen-bond donors (Lipinski definition) is 1. The molecule has 5 heterocycles. The molecule has 0 bridgehead atoms. The van der Waals surface area contributed by atoms with Crippen molar-refractivity contribution in [2.45, 2.75) is 25.0 Å². The minimum Gasteiger partial charge on any atom is -0.464 e. The summed E-state index contributed by atoms with van der Waals surface area (Å²) in [6.45, 7) is 2.05. The van der Waals surface area contributed by atoms with Crippen LogP contribution in [0, 0.1) is 0 Å². The zero-order chi connectivity index (χ0) is 21.2. The molecule has 0 radical (unpaired) electrons. The number of nitrogens with one attached hydrogen (secondary N) is 1. The van der Waals surface area contributed by atoms with Crippen molar-refractivity contribution >= 4 is 44.7 Å². The SMILES string of the molecule is CC(SCCCc1nc(-c2cccs2)no1)c1nc2scc(-c3ccco3)c2c(=O)[nH]1. The van der Waals surface area contributed by atoms with Crippen LogP contribution in [0.4, 0.5) is 0 Å². The molecule has 1 N–H and O–H groups in total. The van der Waals surface area contributed by atoms with Crippen LogP contribution in [0.3, 0.4) is 0 Å².